The lowest BCUT2D eigenvalue weighted by atomic mass is 9.97. The van der Waals surface area contributed by atoms with E-state index in [4.69, 9.17) is 0 Å². The summed E-state index contributed by atoms with van der Waals surface area (Å²) in [5.74, 6) is 0. The van der Waals surface area contributed by atoms with Gasteiger partial charge in [0.25, 0.3) is 10.0 Å². The standard InChI is InChI=1S/C16H15NO2S/c1-11-8-9-14-12(2)13-6-4-5-7-15(13)17(3)20(18,19)16(14)10-11/h4-10H,2H2,1,3H3. The number of fused-ring (bicyclic) bond motifs is 2. The summed E-state index contributed by atoms with van der Waals surface area (Å²) < 4.78 is 26.9. The second-order valence-electron chi connectivity index (χ2n) is 4.97. The fourth-order valence-electron chi connectivity index (χ4n) is 2.52. The molecule has 2 aromatic carbocycles. The Kier molecular flexibility index (Phi) is 2.73. The van der Waals surface area contributed by atoms with E-state index >= 15 is 0 Å². The fraction of sp³-hybridized carbons (Fsp3) is 0.125. The molecule has 0 aromatic heterocycles. The van der Waals surface area contributed by atoms with Gasteiger partial charge in [0.05, 0.1) is 10.6 Å². The lowest BCUT2D eigenvalue weighted by Gasteiger charge is -2.19. The van der Waals surface area contributed by atoms with Crippen molar-refractivity contribution in [2.24, 2.45) is 0 Å². The quantitative estimate of drug-likeness (QED) is 0.745. The molecule has 0 amide bonds. The smallest absolute Gasteiger partial charge is 0.264 e. The highest BCUT2D eigenvalue weighted by Gasteiger charge is 2.31. The van der Waals surface area contributed by atoms with Crippen LogP contribution in [-0.2, 0) is 10.0 Å². The van der Waals surface area contributed by atoms with Crippen molar-refractivity contribution in [1.29, 1.82) is 0 Å². The molecular formula is C16H15NO2S. The summed E-state index contributed by atoms with van der Waals surface area (Å²) >= 11 is 0. The van der Waals surface area contributed by atoms with E-state index in [1.165, 1.54) is 4.31 Å². The third-order valence-corrected chi connectivity index (χ3v) is 5.48. The van der Waals surface area contributed by atoms with Crippen LogP contribution < -0.4 is 4.31 Å². The van der Waals surface area contributed by atoms with Gasteiger partial charge < -0.3 is 0 Å². The van der Waals surface area contributed by atoms with Crippen LogP contribution in [0, 0.1) is 6.92 Å². The second kappa shape index (κ2) is 4.21. The van der Waals surface area contributed by atoms with Crippen molar-refractivity contribution >= 4 is 21.3 Å². The minimum Gasteiger partial charge on any atom is -0.269 e. The second-order valence-corrected chi connectivity index (χ2v) is 6.91. The molecule has 0 aliphatic carbocycles. The Balaban J connectivity index is 2.44. The maximum Gasteiger partial charge on any atom is 0.264 e. The van der Waals surface area contributed by atoms with Crippen LogP contribution in [0.4, 0.5) is 5.69 Å². The highest BCUT2D eigenvalue weighted by molar-refractivity contribution is 7.93. The molecule has 0 bridgehead atoms. The monoisotopic (exact) mass is 285 g/mol. The van der Waals surface area contributed by atoms with Gasteiger partial charge in [0.15, 0.2) is 0 Å². The highest BCUT2D eigenvalue weighted by Crippen LogP contribution is 2.39. The van der Waals surface area contributed by atoms with Gasteiger partial charge in [-0.3, -0.25) is 4.31 Å². The summed E-state index contributed by atoms with van der Waals surface area (Å²) in [5, 5.41) is 0. The normalized spacial score (nSPS) is 16.3. The SMILES string of the molecule is C=C1c2ccccc2N(C)S(=O)(=O)c2cc(C)ccc21. The number of benzene rings is 2. The maximum atomic E-state index is 12.8. The minimum absolute atomic E-state index is 0.321. The van der Waals surface area contributed by atoms with Crippen LogP contribution in [0.3, 0.4) is 0 Å². The number of para-hydroxylation sites is 1. The van der Waals surface area contributed by atoms with Crippen molar-refractivity contribution in [2.45, 2.75) is 11.8 Å². The third kappa shape index (κ3) is 1.68. The Bertz CT molecular complexity index is 822. The summed E-state index contributed by atoms with van der Waals surface area (Å²) in [6, 6.07) is 12.9. The Labute approximate surface area is 119 Å². The number of rotatable bonds is 0. The molecule has 0 saturated heterocycles. The molecule has 0 saturated carbocycles. The van der Waals surface area contributed by atoms with E-state index in [1.807, 2.05) is 37.3 Å². The van der Waals surface area contributed by atoms with Gasteiger partial charge in [0.2, 0.25) is 0 Å². The van der Waals surface area contributed by atoms with Crippen LogP contribution in [0.2, 0.25) is 0 Å². The van der Waals surface area contributed by atoms with E-state index in [1.54, 1.807) is 19.2 Å². The fourth-order valence-corrected chi connectivity index (χ4v) is 4.03. The number of anilines is 1. The van der Waals surface area contributed by atoms with Gasteiger partial charge in [0, 0.05) is 18.2 Å². The van der Waals surface area contributed by atoms with Crippen molar-refractivity contribution in [3.8, 4) is 0 Å². The van der Waals surface area contributed by atoms with Crippen molar-refractivity contribution < 1.29 is 8.42 Å². The molecule has 0 atom stereocenters. The van der Waals surface area contributed by atoms with Gasteiger partial charge in [0.1, 0.15) is 0 Å². The van der Waals surface area contributed by atoms with Gasteiger partial charge in [-0.25, -0.2) is 8.42 Å². The molecule has 0 N–H and O–H groups in total. The van der Waals surface area contributed by atoms with Crippen LogP contribution >= 0.6 is 0 Å². The van der Waals surface area contributed by atoms with E-state index in [0.717, 1.165) is 16.7 Å². The van der Waals surface area contributed by atoms with E-state index in [2.05, 4.69) is 6.58 Å². The predicted octanol–water partition coefficient (Wildman–Crippen LogP) is 3.20. The molecule has 20 heavy (non-hydrogen) atoms. The number of aryl methyl sites for hydroxylation is 1. The number of hydrogen-bond acceptors (Lipinski definition) is 2. The zero-order valence-electron chi connectivity index (χ0n) is 11.4. The topological polar surface area (TPSA) is 37.4 Å². The van der Waals surface area contributed by atoms with Crippen LogP contribution in [0.5, 0.6) is 0 Å². The van der Waals surface area contributed by atoms with E-state index in [-0.39, 0.29) is 0 Å². The van der Waals surface area contributed by atoms with Gasteiger partial charge in [-0.1, -0.05) is 36.9 Å². The molecular weight excluding hydrogens is 270 g/mol. The van der Waals surface area contributed by atoms with Gasteiger partial charge in [-0.15, -0.1) is 0 Å². The van der Waals surface area contributed by atoms with Crippen LogP contribution in [-0.4, -0.2) is 15.5 Å². The van der Waals surface area contributed by atoms with E-state index in [0.29, 0.717) is 16.1 Å². The van der Waals surface area contributed by atoms with E-state index < -0.39 is 10.0 Å². The summed E-state index contributed by atoms with van der Waals surface area (Å²) in [6.07, 6.45) is 0. The van der Waals surface area contributed by atoms with Crippen molar-refractivity contribution in [1.82, 2.24) is 0 Å². The number of nitrogens with zero attached hydrogens (tertiary/aromatic N) is 1. The summed E-state index contributed by atoms with van der Waals surface area (Å²) in [6.45, 7) is 5.98. The number of hydrogen-bond donors (Lipinski definition) is 0. The van der Waals surface area contributed by atoms with Gasteiger partial charge in [-0.2, -0.15) is 0 Å². The Hall–Kier alpha value is -2.07. The Morgan fingerprint density at radius 1 is 1.05 bits per heavy atom. The lowest BCUT2D eigenvalue weighted by molar-refractivity contribution is 0.594. The van der Waals surface area contributed by atoms with E-state index in [9.17, 15) is 8.42 Å². The maximum absolute atomic E-state index is 12.8. The average Bonchev–Trinajstić information content (AvgIpc) is 2.50. The first-order chi connectivity index (χ1) is 9.43. The van der Waals surface area contributed by atoms with Crippen LogP contribution in [0.15, 0.2) is 53.9 Å². The van der Waals surface area contributed by atoms with Crippen molar-refractivity contribution in [3.63, 3.8) is 0 Å². The average molecular weight is 285 g/mol. The van der Waals surface area contributed by atoms with Crippen molar-refractivity contribution in [3.05, 3.63) is 65.7 Å². The summed E-state index contributed by atoms with van der Waals surface area (Å²) in [5.41, 5.74) is 3.84. The van der Waals surface area contributed by atoms with Crippen molar-refractivity contribution in [2.75, 3.05) is 11.4 Å². The molecule has 0 spiro atoms. The number of sulfonamides is 1. The molecule has 2 aromatic rings. The first-order valence-electron chi connectivity index (χ1n) is 6.31. The molecule has 3 rings (SSSR count). The highest BCUT2D eigenvalue weighted by atomic mass is 32.2. The zero-order chi connectivity index (χ0) is 14.5. The molecule has 0 radical (unpaired) electrons. The molecule has 1 aliphatic heterocycles. The molecule has 0 fully saturated rings. The summed E-state index contributed by atoms with van der Waals surface area (Å²) in [7, 11) is -1.97. The first-order valence-corrected chi connectivity index (χ1v) is 7.75. The lowest BCUT2D eigenvalue weighted by Crippen LogP contribution is -2.26. The van der Waals surface area contributed by atoms with Gasteiger partial charge >= 0.3 is 0 Å². The predicted molar refractivity (Wildman–Crippen MR) is 81.3 cm³/mol. The third-order valence-electron chi connectivity index (χ3n) is 3.67. The molecule has 1 aliphatic rings. The largest absolute Gasteiger partial charge is 0.269 e. The molecule has 0 unspecified atom stereocenters. The minimum atomic E-state index is -3.55. The molecule has 3 nitrogen and oxygen atoms in total. The molecule has 1 heterocycles. The zero-order valence-corrected chi connectivity index (χ0v) is 12.2. The summed E-state index contributed by atoms with van der Waals surface area (Å²) in [4.78, 5) is 0.321. The Morgan fingerprint density at radius 2 is 1.75 bits per heavy atom. The van der Waals surface area contributed by atoms with Crippen LogP contribution in [0.1, 0.15) is 16.7 Å². The van der Waals surface area contributed by atoms with Crippen LogP contribution in [0.25, 0.3) is 5.57 Å². The van der Waals surface area contributed by atoms with Gasteiger partial charge in [-0.05, 0) is 30.2 Å². The Morgan fingerprint density at radius 3 is 2.50 bits per heavy atom. The molecule has 4 heteroatoms. The first kappa shape index (κ1) is 12.9. The molecule has 102 valence electrons.